The van der Waals surface area contributed by atoms with Crippen LogP contribution < -0.4 is 20.1 Å². The summed E-state index contributed by atoms with van der Waals surface area (Å²) in [5, 5.41) is 5.61. The van der Waals surface area contributed by atoms with Gasteiger partial charge < -0.3 is 20.1 Å². The summed E-state index contributed by atoms with van der Waals surface area (Å²) in [4.78, 5) is 25.3. The Morgan fingerprint density at radius 2 is 1.50 bits per heavy atom. The van der Waals surface area contributed by atoms with Crippen LogP contribution in [-0.2, 0) is 4.79 Å². The largest absolute Gasteiger partial charge is 0.494 e. The molecule has 0 saturated carbocycles. The van der Waals surface area contributed by atoms with Gasteiger partial charge in [0.1, 0.15) is 11.5 Å². The summed E-state index contributed by atoms with van der Waals surface area (Å²) in [6.45, 7) is 4.14. The van der Waals surface area contributed by atoms with Gasteiger partial charge in [-0.05, 0) is 62.4 Å². The first-order chi connectivity index (χ1) is 14.6. The van der Waals surface area contributed by atoms with Gasteiger partial charge in [-0.1, -0.05) is 30.3 Å². The van der Waals surface area contributed by atoms with Gasteiger partial charge in [-0.15, -0.1) is 0 Å². The van der Waals surface area contributed by atoms with E-state index in [0.717, 1.165) is 5.75 Å². The number of carbonyl (C=O) groups is 2. The van der Waals surface area contributed by atoms with E-state index in [2.05, 4.69) is 10.6 Å². The molecule has 0 saturated heterocycles. The molecule has 2 N–H and O–H groups in total. The molecule has 3 aromatic rings. The van der Waals surface area contributed by atoms with Crippen molar-refractivity contribution in [2.24, 2.45) is 0 Å². The zero-order chi connectivity index (χ0) is 21.3. The van der Waals surface area contributed by atoms with Crippen LogP contribution in [-0.4, -0.2) is 24.5 Å². The van der Waals surface area contributed by atoms with Crippen molar-refractivity contribution in [1.29, 1.82) is 0 Å². The zero-order valence-electron chi connectivity index (χ0n) is 16.9. The summed E-state index contributed by atoms with van der Waals surface area (Å²) >= 11 is 0. The molecule has 6 nitrogen and oxygen atoms in total. The quantitative estimate of drug-likeness (QED) is 0.568. The fourth-order valence-electron chi connectivity index (χ4n) is 2.78. The molecule has 0 aromatic heterocycles. The average molecular weight is 404 g/mol. The first kappa shape index (κ1) is 20.9. The van der Waals surface area contributed by atoms with E-state index in [1.54, 1.807) is 67.6 Å². The van der Waals surface area contributed by atoms with Gasteiger partial charge in [0, 0.05) is 5.69 Å². The number of hydrogen-bond donors (Lipinski definition) is 2. The van der Waals surface area contributed by atoms with Crippen molar-refractivity contribution >= 4 is 23.2 Å². The van der Waals surface area contributed by atoms with Crippen LogP contribution >= 0.6 is 0 Å². The molecule has 1 atom stereocenters. The molecule has 0 fully saturated rings. The van der Waals surface area contributed by atoms with E-state index in [-0.39, 0.29) is 11.8 Å². The Kier molecular flexibility index (Phi) is 7.05. The number of anilines is 2. The molecule has 0 spiro atoms. The molecule has 30 heavy (non-hydrogen) atoms. The highest BCUT2D eigenvalue weighted by molar-refractivity contribution is 6.10. The molecule has 0 radical (unpaired) electrons. The second-order valence-corrected chi connectivity index (χ2v) is 6.52. The Morgan fingerprint density at radius 3 is 2.20 bits per heavy atom. The van der Waals surface area contributed by atoms with E-state index in [0.29, 0.717) is 29.3 Å². The monoisotopic (exact) mass is 404 g/mol. The highest BCUT2D eigenvalue weighted by atomic mass is 16.5. The van der Waals surface area contributed by atoms with Gasteiger partial charge in [-0.3, -0.25) is 9.59 Å². The Hall–Kier alpha value is -3.80. The molecule has 0 heterocycles. The maximum atomic E-state index is 12.8. The lowest BCUT2D eigenvalue weighted by atomic mass is 10.1. The SMILES string of the molecule is CCOc1ccc(NC(=O)c2ccccc2NC(=O)C(C)Oc2ccccc2)cc1. The van der Waals surface area contributed by atoms with Crippen molar-refractivity contribution in [3.63, 3.8) is 0 Å². The maximum absolute atomic E-state index is 12.8. The van der Waals surface area contributed by atoms with Crippen LogP contribution in [0.4, 0.5) is 11.4 Å². The topological polar surface area (TPSA) is 76.7 Å². The number of nitrogens with one attached hydrogen (secondary N) is 2. The van der Waals surface area contributed by atoms with Gasteiger partial charge in [0.05, 0.1) is 17.9 Å². The van der Waals surface area contributed by atoms with Gasteiger partial charge in [-0.2, -0.15) is 0 Å². The van der Waals surface area contributed by atoms with Gasteiger partial charge in [0.25, 0.3) is 11.8 Å². The molecule has 0 bridgehead atoms. The first-order valence-corrected chi connectivity index (χ1v) is 9.72. The second-order valence-electron chi connectivity index (χ2n) is 6.52. The second kappa shape index (κ2) is 10.1. The van der Waals surface area contributed by atoms with Crippen molar-refractivity contribution in [3.05, 3.63) is 84.4 Å². The predicted molar refractivity (Wildman–Crippen MR) is 117 cm³/mol. The molecular weight excluding hydrogens is 380 g/mol. The number of rotatable bonds is 8. The van der Waals surface area contributed by atoms with Crippen molar-refractivity contribution in [2.75, 3.05) is 17.2 Å². The van der Waals surface area contributed by atoms with Gasteiger partial charge >= 0.3 is 0 Å². The molecule has 0 aliphatic carbocycles. The zero-order valence-corrected chi connectivity index (χ0v) is 16.9. The van der Waals surface area contributed by atoms with E-state index < -0.39 is 6.10 Å². The first-order valence-electron chi connectivity index (χ1n) is 9.72. The van der Waals surface area contributed by atoms with Gasteiger partial charge in [0.15, 0.2) is 6.10 Å². The summed E-state index contributed by atoms with van der Waals surface area (Å²) in [6.07, 6.45) is -0.727. The fourth-order valence-corrected chi connectivity index (χ4v) is 2.78. The van der Waals surface area contributed by atoms with E-state index >= 15 is 0 Å². The third kappa shape index (κ3) is 5.61. The number of benzene rings is 3. The van der Waals surface area contributed by atoms with E-state index in [4.69, 9.17) is 9.47 Å². The van der Waals surface area contributed by atoms with Crippen LogP contribution in [0, 0.1) is 0 Å². The van der Waals surface area contributed by atoms with Crippen LogP contribution in [0.3, 0.4) is 0 Å². The Balaban J connectivity index is 1.67. The fraction of sp³-hybridized carbons (Fsp3) is 0.167. The highest BCUT2D eigenvalue weighted by Crippen LogP contribution is 2.20. The lowest BCUT2D eigenvalue weighted by Gasteiger charge is -2.16. The van der Waals surface area contributed by atoms with Crippen molar-refractivity contribution in [3.8, 4) is 11.5 Å². The molecule has 1 unspecified atom stereocenters. The average Bonchev–Trinajstić information content (AvgIpc) is 2.76. The minimum absolute atomic E-state index is 0.327. The normalized spacial score (nSPS) is 11.3. The van der Waals surface area contributed by atoms with Crippen LogP contribution in [0.25, 0.3) is 0 Å². The Labute approximate surface area is 175 Å². The summed E-state index contributed by atoms with van der Waals surface area (Å²) in [6, 6.07) is 23.0. The predicted octanol–water partition coefficient (Wildman–Crippen LogP) is 4.74. The minimum Gasteiger partial charge on any atom is -0.494 e. The summed E-state index contributed by atoms with van der Waals surface area (Å²) in [5.41, 5.74) is 1.39. The molecule has 154 valence electrons. The van der Waals surface area contributed by atoms with E-state index in [1.165, 1.54) is 0 Å². The third-order valence-corrected chi connectivity index (χ3v) is 4.28. The minimum atomic E-state index is -0.727. The van der Waals surface area contributed by atoms with Crippen molar-refractivity contribution in [1.82, 2.24) is 0 Å². The number of carbonyl (C=O) groups excluding carboxylic acids is 2. The molecule has 6 heteroatoms. The van der Waals surface area contributed by atoms with Crippen LogP contribution in [0.15, 0.2) is 78.9 Å². The van der Waals surface area contributed by atoms with Crippen LogP contribution in [0.2, 0.25) is 0 Å². The highest BCUT2D eigenvalue weighted by Gasteiger charge is 2.18. The molecule has 2 amide bonds. The maximum Gasteiger partial charge on any atom is 0.265 e. The lowest BCUT2D eigenvalue weighted by Crippen LogP contribution is -2.31. The van der Waals surface area contributed by atoms with Gasteiger partial charge in [-0.25, -0.2) is 0 Å². The molecule has 3 aromatic carbocycles. The lowest BCUT2D eigenvalue weighted by molar-refractivity contribution is -0.122. The summed E-state index contributed by atoms with van der Waals surface area (Å²) in [5.74, 6) is 0.657. The smallest absolute Gasteiger partial charge is 0.265 e. The Bertz CT molecular complexity index is 988. The van der Waals surface area contributed by atoms with Crippen molar-refractivity contribution < 1.29 is 19.1 Å². The molecule has 3 rings (SSSR count). The van der Waals surface area contributed by atoms with Gasteiger partial charge in [0.2, 0.25) is 0 Å². The Morgan fingerprint density at radius 1 is 0.833 bits per heavy atom. The van der Waals surface area contributed by atoms with E-state index in [1.807, 2.05) is 25.1 Å². The van der Waals surface area contributed by atoms with Crippen LogP contribution in [0.5, 0.6) is 11.5 Å². The number of para-hydroxylation sites is 2. The number of hydrogen-bond acceptors (Lipinski definition) is 4. The van der Waals surface area contributed by atoms with Crippen molar-refractivity contribution in [2.45, 2.75) is 20.0 Å². The standard InChI is InChI=1S/C24H24N2O4/c1-3-29-19-15-13-18(14-16-19)25-24(28)21-11-7-8-12-22(21)26-23(27)17(2)30-20-9-5-4-6-10-20/h4-17H,3H2,1-2H3,(H,25,28)(H,26,27). The molecule has 0 aliphatic heterocycles. The summed E-state index contributed by atoms with van der Waals surface area (Å²) in [7, 11) is 0. The van der Waals surface area contributed by atoms with Crippen LogP contribution in [0.1, 0.15) is 24.2 Å². The third-order valence-electron chi connectivity index (χ3n) is 4.28. The number of ether oxygens (including phenoxy) is 2. The number of amides is 2. The molecular formula is C24H24N2O4. The summed E-state index contributed by atoms with van der Waals surface area (Å²) < 4.78 is 11.1. The molecule has 0 aliphatic rings. The van der Waals surface area contributed by atoms with E-state index in [9.17, 15) is 9.59 Å².